The van der Waals surface area contributed by atoms with E-state index in [9.17, 15) is 4.79 Å². The number of benzene rings is 1. The standard InChI is InChI=1S/C22H24N4O3/c1-15-23-10-9-20(25-15)22(27)26-11-3-4-17(14-26)21-24-13-19(29-21)12-16-5-7-18(28-2)8-6-16/h5-10,13,17H,3-4,11-12,14H2,1-2H3/t17-/m1/s1. The summed E-state index contributed by atoms with van der Waals surface area (Å²) >= 11 is 0. The lowest BCUT2D eigenvalue weighted by molar-refractivity contribution is 0.0691. The molecule has 0 N–H and O–H groups in total. The predicted octanol–water partition coefficient (Wildman–Crippen LogP) is 3.39. The molecule has 0 spiro atoms. The van der Waals surface area contributed by atoms with Crippen LogP contribution in [0.2, 0.25) is 0 Å². The fourth-order valence-corrected chi connectivity index (χ4v) is 3.64. The van der Waals surface area contributed by atoms with E-state index < -0.39 is 0 Å². The molecule has 0 aliphatic carbocycles. The highest BCUT2D eigenvalue weighted by Gasteiger charge is 2.29. The number of aromatic nitrogens is 3. The van der Waals surface area contributed by atoms with Gasteiger partial charge in [0, 0.05) is 25.7 Å². The first-order valence-corrected chi connectivity index (χ1v) is 9.79. The number of likely N-dealkylation sites (tertiary alicyclic amines) is 1. The Labute approximate surface area is 169 Å². The van der Waals surface area contributed by atoms with Gasteiger partial charge in [0.15, 0.2) is 5.89 Å². The Morgan fingerprint density at radius 3 is 2.83 bits per heavy atom. The molecule has 0 radical (unpaired) electrons. The number of hydrogen-bond donors (Lipinski definition) is 0. The lowest BCUT2D eigenvalue weighted by Crippen LogP contribution is -2.39. The van der Waals surface area contributed by atoms with Gasteiger partial charge in [0.25, 0.3) is 5.91 Å². The van der Waals surface area contributed by atoms with Crippen molar-refractivity contribution >= 4 is 5.91 Å². The average molecular weight is 392 g/mol. The summed E-state index contributed by atoms with van der Waals surface area (Å²) in [6.45, 7) is 3.09. The van der Waals surface area contributed by atoms with E-state index in [2.05, 4.69) is 15.0 Å². The van der Waals surface area contributed by atoms with E-state index in [0.29, 0.717) is 30.4 Å². The molecule has 4 rings (SSSR count). The van der Waals surface area contributed by atoms with Crippen LogP contribution in [0, 0.1) is 6.92 Å². The van der Waals surface area contributed by atoms with Crippen molar-refractivity contribution in [1.82, 2.24) is 19.9 Å². The largest absolute Gasteiger partial charge is 0.497 e. The van der Waals surface area contributed by atoms with Crippen LogP contribution in [0.25, 0.3) is 0 Å². The minimum absolute atomic E-state index is 0.0646. The fourth-order valence-electron chi connectivity index (χ4n) is 3.64. The molecule has 7 nitrogen and oxygen atoms in total. The van der Waals surface area contributed by atoms with Crippen molar-refractivity contribution < 1.29 is 13.9 Å². The van der Waals surface area contributed by atoms with Gasteiger partial charge in [-0.1, -0.05) is 12.1 Å². The number of rotatable bonds is 5. The Hall–Kier alpha value is -3.22. The molecule has 0 unspecified atom stereocenters. The second kappa shape index (κ2) is 8.43. The van der Waals surface area contributed by atoms with Crippen LogP contribution in [-0.4, -0.2) is 46.0 Å². The molecule has 1 aliphatic heterocycles. The van der Waals surface area contributed by atoms with Crippen LogP contribution in [0.4, 0.5) is 0 Å². The fraction of sp³-hybridized carbons (Fsp3) is 0.364. The minimum atomic E-state index is -0.0646. The third-order valence-electron chi connectivity index (χ3n) is 5.16. The lowest BCUT2D eigenvalue weighted by atomic mass is 9.97. The molecule has 1 aliphatic rings. The second-order valence-electron chi connectivity index (χ2n) is 7.27. The van der Waals surface area contributed by atoms with Crippen LogP contribution in [-0.2, 0) is 6.42 Å². The molecule has 2 aromatic heterocycles. The first kappa shape index (κ1) is 19.1. The monoisotopic (exact) mass is 392 g/mol. The Kier molecular flexibility index (Phi) is 5.55. The topological polar surface area (TPSA) is 81.4 Å². The van der Waals surface area contributed by atoms with Crippen LogP contribution in [0.5, 0.6) is 5.75 Å². The summed E-state index contributed by atoms with van der Waals surface area (Å²) in [6.07, 6.45) is 5.95. The molecule has 29 heavy (non-hydrogen) atoms. The zero-order chi connectivity index (χ0) is 20.2. The van der Waals surface area contributed by atoms with Crippen molar-refractivity contribution in [3.63, 3.8) is 0 Å². The third-order valence-corrected chi connectivity index (χ3v) is 5.16. The Balaban J connectivity index is 1.42. The quantitative estimate of drug-likeness (QED) is 0.662. The van der Waals surface area contributed by atoms with Gasteiger partial charge in [0.1, 0.15) is 23.0 Å². The van der Waals surface area contributed by atoms with Gasteiger partial charge in [-0.05, 0) is 43.5 Å². The first-order valence-electron chi connectivity index (χ1n) is 9.79. The van der Waals surface area contributed by atoms with Gasteiger partial charge in [0.05, 0.1) is 19.2 Å². The maximum Gasteiger partial charge on any atom is 0.272 e. The number of hydrogen-bond acceptors (Lipinski definition) is 6. The highest BCUT2D eigenvalue weighted by Crippen LogP contribution is 2.28. The third kappa shape index (κ3) is 4.45. The number of ether oxygens (including phenoxy) is 1. The average Bonchev–Trinajstić information content (AvgIpc) is 3.22. The van der Waals surface area contributed by atoms with Crippen molar-refractivity contribution in [2.75, 3.05) is 20.2 Å². The van der Waals surface area contributed by atoms with Gasteiger partial charge < -0.3 is 14.1 Å². The number of piperidine rings is 1. The van der Waals surface area contributed by atoms with Crippen molar-refractivity contribution in [3.8, 4) is 5.75 Å². The molecular weight excluding hydrogens is 368 g/mol. The smallest absolute Gasteiger partial charge is 0.272 e. The van der Waals surface area contributed by atoms with Crippen LogP contribution in [0.15, 0.2) is 47.1 Å². The number of oxazole rings is 1. The number of methoxy groups -OCH3 is 1. The zero-order valence-electron chi connectivity index (χ0n) is 16.7. The van der Waals surface area contributed by atoms with E-state index in [1.807, 2.05) is 29.2 Å². The Morgan fingerprint density at radius 1 is 1.24 bits per heavy atom. The van der Waals surface area contributed by atoms with E-state index in [4.69, 9.17) is 9.15 Å². The van der Waals surface area contributed by atoms with Gasteiger partial charge >= 0.3 is 0 Å². The van der Waals surface area contributed by atoms with Crippen molar-refractivity contribution in [2.45, 2.75) is 32.1 Å². The molecule has 150 valence electrons. The Bertz CT molecular complexity index is 984. The maximum atomic E-state index is 12.8. The van der Waals surface area contributed by atoms with Crippen LogP contribution >= 0.6 is 0 Å². The molecule has 3 aromatic rings. The molecule has 1 aromatic carbocycles. The molecule has 3 heterocycles. The van der Waals surface area contributed by atoms with Crippen LogP contribution in [0.3, 0.4) is 0 Å². The van der Waals surface area contributed by atoms with Gasteiger partial charge in [-0.25, -0.2) is 15.0 Å². The highest BCUT2D eigenvalue weighted by molar-refractivity contribution is 5.92. The first-order chi connectivity index (χ1) is 14.1. The molecule has 1 fully saturated rings. The minimum Gasteiger partial charge on any atom is -0.497 e. The number of aryl methyl sites for hydroxylation is 1. The van der Waals surface area contributed by atoms with Gasteiger partial charge in [-0.2, -0.15) is 0 Å². The zero-order valence-corrected chi connectivity index (χ0v) is 16.7. The summed E-state index contributed by atoms with van der Waals surface area (Å²) < 4.78 is 11.2. The van der Waals surface area contributed by atoms with E-state index in [-0.39, 0.29) is 11.8 Å². The summed E-state index contributed by atoms with van der Waals surface area (Å²) in [5.41, 5.74) is 1.57. The molecule has 1 atom stereocenters. The molecule has 1 amide bonds. The van der Waals surface area contributed by atoms with Crippen molar-refractivity contribution in [1.29, 1.82) is 0 Å². The second-order valence-corrected chi connectivity index (χ2v) is 7.27. The lowest BCUT2D eigenvalue weighted by Gasteiger charge is -2.31. The number of carbonyl (C=O) groups is 1. The number of carbonyl (C=O) groups excluding carboxylic acids is 1. The van der Waals surface area contributed by atoms with Gasteiger partial charge in [-0.15, -0.1) is 0 Å². The van der Waals surface area contributed by atoms with E-state index in [1.165, 1.54) is 0 Å². The van der Waals surface area contributed by atoms with E-state index >= 15 is 0 Å². The van der Waals surface area contributed by atoms with E-state index in [1.54, 1.807) is 32.5 Å². The SMILES string of the molecule is COc1ccc(Cc2cnc([C@@H]3CCCN(C(=O)c4ccnc(C)n4)C3)o2)cc1. The summed E-state index contributed by atoms with van der Waals surface area (Å²) in [4.78, 5) is 27.5. The highest BCUT2D eigenvalue weighted by atomic mass is 16.5. The normalized spacial score (nSPS) is 16.6. The van der Waals surface area contributed by atoms with Crippen LogP contribution < -0.4 is 4.74 Å². The predicted molar refractivity (Wildman–Crippen MR) is 107 cm³/mol. The summed E-state index contributed by atoms with van der Waals surface area (Å²) in [5.74, 6) is 2.98. The molecular formula is C22H24N4O3. The van der Waals surface area contributed by atoms with Crippen molar-refractivity contribution in [3.05, 3.63) is 71.5 Å². The number of amides is 1. The summed E-state index contributed by atoms with van der Waals surface area (Å²) in [7, 11) is 1.65. The molecule has 7 heteroatoms. The molecule has 0 saturated carbocycles. The van der Waals surface area contributed by atoms with Crippen molar-refractivity contribution in [2.24, 2.45) is 0 Å². The summed E-state index contributed by atoms with van der Waals surface area (Å²) in [5, 5.41) is 0. The van der Waals surface area contributed by atoms with Gasteiger partial charge in [0.2, 0.25) is 0 Å². The number of nitrogens with zero attached hydrogens (tertiary/aromatic N) is 4. The van der Waals surface area contributed by atoms with Gasteiger partial charge in [-0.3, -0.25) is 4.79 Å². The van der Waals surface area contributed by atoms with Crippen LogP contribution in [0.1, 0.15) is 52.3 Å². The maximum absolute atomic E-state index is 12.8. The Morgan fingerprint density at radius 2 is 2.07 bits per heavy atom. The summed E-state index contributed by atoms with van der Waals surface area (Å²) in [6, 6.07) is 9.58. The molecule has 0 bridgehead atoms. The van der Waals surface area contributed by atoms with E-state index in [0.717, 1.165) is 36.5 Å². The molecule has 1 saturated heterocycles.